The molecule has 1 aliphatic heterocycles. The zero-order chi connectivity index (χ0) is 15.6. The Hall–Kier alpha value is -1.96. The van der Waals surface area contributed by atoms with Crippen molar-refractivity contribution >= 4 is 0 Å². The molecule has 0 radical (unpaired) electrons. The molecule has 9 nitrogen and oxygen atoms in total. The molecular weight excluding hydrogens is 282 g/mol. The second kappa shape index (κ2) is 6.21. The van der Waals surface area contributed by atoms with Crippen molar-refractivity contribution in [2.45, 2.75) is 24.5 Å². The summed E-state index contributed by atoms with van der Waals surface area (Å²) in [6, 6.07) is 0. The van der Waals surface area contributed by atoms with Gasteiger partial charge >= 0.3 is 5.69 Å². The minimum absolute atomic E-state index is 0.0298. The smallest absolute Gasteiger partial charge is 0.330 e. The molecule has 0 saturated carbocycles. The van der Waals surface area contributed by atoms with Crippen LogP contribution in [0.4, 0.5) is 0 Å². The molecule has 114 valence electrons. The van der Waals surface area contributed by atoms with Crippen LogP contribution < -0.4 is 17.0 Å². The lowest BCUT2D eigenvalue weighted by Gasteiger charge is -2.17. The first-order chi connectivity index (χ1) is 9.99. The standard InChI is InChI=1S/C12H15N3O6/c13-3-1-2-6-4-15(12(20)14-10(6)19)11-9(18)8(17)7(5-16)21-11/h4,7-9,11,16-18H,3,5,13H2,(H,14,19,20)/t7-,8-,9-,11-/m1/s1. The van der Waals surface area contributed by atoms with Gasteiger partial charge in [0, 0.05) is 6.20 Å². The SMILES string of the molecule is NCC#Cc1cn([C@@H]2O[C@H](CO)[C@@H](O)[C@H]2O)c(=O)[nH]c1=O. The van der Waals surface area contributed by atoms with Gasteiger partial charge in [0.1, 0.15) is 23.9 Å². The molecular formula is C12H15N3O6. The highest BCUT2D eigenvalue weighted by Crippen LogP contribution is 2.27. The summed E-state index contributed by atoms with van der Waals surface area (Å²) in [7, 11) is 0. The van der Waals surface area contributed by atoms with Gasteiger partial charge in [0.25, 0.3) is 5.56 Å². The number of rotatable bonds is 2. The van der Waals surface area contributed by atoms with E-state index < -0.39 is 42.4 Å². The first-order valence-corrected chi connectivity index (χ1v) is 6.16. The number of H-pyrrole nitrogens is 1. The van der Waals surface area contributed by atoms with Gasteiger partial charge in [-0.1, -0.05) is 11.8 Å². The summed E-state index contributed by atoms with van der Waals surface area (Å²) in [5.41, 5.74) is 3.67. The van der Waals surface area contributed by atoms with Gasteiger partial charge in [-0.2, -0.15) is 0 Å². The van der Waals surface area contributed by atoms with Crippen LogP contribution in [0.5, 0.6) is 0 Å². The quantitative estimate of drug-likeness (QED) is 0.355. The average molecular weight is 297 g/mol. The third-order valence-electron chi connectivity index (χ3n) is 3.08. The Morgan fingerprint density at radius 3 is 2.67 bits per heavy atom. The number of aromatic amines is 1. The molecule has 9 heteroatoms. The number of hydrogen-bond acceptors (Lipinski definition) is 7. The van der Waals surface area contributed by atoms with Crippen LogP contribution in [0.25, 0.3) is 0 Å². The van der Waals surface area contributed by atoms with Crippen LogP contribution in [0.15, 0.2) is 15.8 Å². The van der Waals surface area contributed by atoms with E-state index in [0.717, 1.165) is 10.8 Å². The van der Waals surface area contributed by atoms with E-state index in [4.69, 9.17) is 15.6 Å². The van der Waals surface area contributed by atoms with E-state index in [1.807, 2.05) is 4.98 Å². The predicted molar refractivity (Wildman–Crippen MR) is 70.3 cm³/mol. The number of aliphatic hydroxyl groups excluding tert-OH is 3. The normalized spacial score (nSPS) is 28.2. The van der Waals surface area contributed by atoms with Gasteiger partial charge in [-0.15, -0.1) is 0 Å². The van der Waals surface area contributed by atoms with E-state index in [1.54, 1.807) is 0 Å². The molecule has 0 aliphatic carbocycles. The lowest BCUT2D eigenvalue weighted by atomic mass is 10.1. The first kappa shape index (κ1) is 15.4. The molecule has 1 aromatic rings. The van der Waals surface area contributed by atoms with Crippen molar-refractivity contribution in [1.82, 2.24) is 9.55 Å². The molecule has 2 heterocycles. The lowest BCUT2D eigenvalue weighted by Crippen LogP contribution is -2.38. The van der Waals surface area contributed by atoms with Crippen LogP contribution in [-0.2, 0) is 4.74 Å². The van der Waals surface area contributed by atoms with E-state index in [2.05, 4.69) is 11.8 Å². The van der Waals surface area contributed by atoms with Gasteiger partial charge in [-0.25, -0.2) is 4.79 Å². The summed E-state index contributed by atoms with van der Waals surface area (Å²) in [6.07, 6.45) is -3.93. The fraction of sp³-hybridized carbons (Fsp3) is 0.500. The number of nitrogens with zero attached hydrogens (tertiary/aromatic N) is 1. The number of aromatic nitrogens is 2. The molecule has 0 bridgehead atoms. The minimum atomic E-state index is -1.43. The maximum absolute atomic E-state index is 11.8. The van der Waals surface area contributed by atoms with E-state index in [-0.39, 0.29) is 12.1 Å². The van der Waals surface area contributed by atoms with Crippen molar-refractivity contribution in [1.29, 1.82) is 0 Å². The third kappa shape index (κ3) is 2.90. The van der Waals surface area contributed by atoms with E-state index in [9.17, 15) is 19.8 Å². The second-order valence-electron chi connectivity index (χ2n) is 4.44. The number of nitrogens with two attached hydrogens (primary N) is 1. The van der Waals surface area contributed by atoms with Crippen LogP contribution >= 0.6 is 0 Å². The van der Waals surface area contributed by atoms with Gasteiger partial charge in [-0.3, -0.25) is 14.3 Å². The zero-order valence-corrected chi connectivity index (χ0v) is 10.9. The van der Waals surface area contributed by atoms with E-state index in [1.165, 1.54) is 0 Å². The Kier molecular flexibility index (Phi) is 4.56. The predicted octanol–water partition coefficient (Wildman–Crippen LogP) is -3.54. The topological polar surface area (TPSA) is 151 Å². The summed E-state index contributed by atoms with van der Waals surface area (Å²) in [6.45, 7) is -0.487. The minimum Gasteiger partial charge on any atom is -0.394 e. The van der Waals surface area contributed by atoms with Crippen molar-refractivity contribution in [3.05, 3.63) is 32.6 Å². The summed E-state index contributed by atoms with van der Waals surface area (Å²) in [5.74, 6) is 4.96. The molecule has 0 unspecified atom stereocenters. The van der Waals surface area contributed by atoms with Crippen LogP contribution in [0.2, 0.25) is 0 Å². The summed E-state index contributed by atoms with van der Waals surface area (Å²) < 4.78 is 6.13. The van der Waals surface area contributed by atoms with Gasteiger partial charge in [0.2, 0.25) is 0 Å². The Bertz CT molecular complexity index is 685. The molecule has 1 fully saturated rings. The van der Waals surface area contributed by atoms with Crippen LogP contribution in [0, 0.1) is 11.8 Å². The van der Waals surface area contributed by atoms with Crippen molar-refractivity contribution in [2.75, 3.05) is 13.2 Å². The molecule has 4 atom stereocenters. The Morgan fingerprint density at radius 1 is 1.38 bits per heavy atom. The molecule has 21 heavy (non-hydrogen) atoms. The van der Waals surface area contributed by atoms with Crippen molar-refractivity contribution in [3.8, 4) is 11.8 Å². The molecule has 0 amide bonds. The third-order valence-corrected chi connectivity index (χ3v) is 3.08. The highest BCUT2D eigenvalue weighted by atomic mass is 16.6. The zero-order valence-electron chi connectivity index (χ0n) is 10.9. The fourth-order valence-corrected chi connectivity index (χ4v) is 2.02. The van der Waals surface area contributed by atoms with Gasteiger partial charge in [0.05, 0.1) is 13.2 Å². The maximum atomic E-state index is 11.8. The Labute approximate surface area is 118 Å². The largest absolute Gasteiger partial charge is 0.394 e. The molecule has 2 rings (SSSR count). The number of ether oxygens (including phenoxy) is 1. The molecule has 0 spiro atoms. The monoisotopic (exact) mass is 297 g/mol. The van der Waals surface area contributed by atoms with Gasteiger partial charge in [-0.05, 0) is 0 Å². The average Bonchev–Trinajstić information content (AvgIpc) is 2.74. The van der Waals surface area contributed by atoms with E-state index in [0.29, 0.717) is 0 Å². The Balaban J connectivity index is 2.45. The molecule has 1 saturated heterocycles. The number of aliphatic hydroxyl groups is 3. The molecule has 6 N–H and O–H groups in total. The Morgan fingerprint density at radius 2 is 2.10 bits per heavy atom. The summed E-state index contributed by atoms with van der Waals surface area (Å²) in [5, 5.41) is 28.6. The van der Waals surface area contributed by atoms with E-state index >= 15 is 0 Å². The van der Waals surface area contributed by atoms with Gasteiger partial charge in [0.15, 0.2) is 6.23 Å². The summed E-state index contributed by atoms with van der Waals surface area (Å²) >= 11 is 0. The van der Waals surface area contributed by atoms with Crippen LogP contribution in [0.3, 0.4) is 0 Å². The highest BCUT2D eigenvalue weighted by molar-refractivity contribution is 5.29. The molecule has 1 aromatic heterocycles. The number of nitrogens with one attached hydrogen (secondary N) is 1. The van der Waals surface area contributed by atoms with Gasteiger partial charge < -0.3 is 25.8 Å². The first-order valence-electron chi connectivity index (χ1n) is 6.16. The van der Waals surface area contributed by atoms with Crippen molar-refractivity contribution in [3.63, 3.8) is 0 Å². The fourth-order valence-electron chi connectivity index (χ4n) is 2.02. The highest BCUT2D eigenvalue weighted by Gasteiger charge is 2.43. The molecule has 0 aromatic carbocycles. The van der Waals surface area contributed by atoms with Crippen LogP contribution in [-0.4, -0.2) is 56.3 Å². The van der Waals surface area contributed by atoms with Crippen molar-refractivity contribution < 1.29 is 20.1 Å². The summed E-state index contributed by atoms with van der Waals surface area (Å²) in [4.78, 5) is 25.4. The lowest BCUT2D eigenvalue weighted by molar-refractivity contribution is -0.0550. The number of hydrogen-bond donors (Lipinski definition) is 5. The van der Waals surface area contributed by atoms with Crippen molar-refractivity contribution in [2.24, 2.45) is 5.73 Å². The molecule has 1 aliphatic rings. The van der Waals surface area contributed by atoms with Crippen LogP contribution in [0.1, 0.15) is 11.8 Å². The maximum Gasteiger partial charge on any atom is 0.330 e. The second-order valence-corrected chi connectivity index (χ2v) is 4.44.